The molecule has 0 atom stereocenters. The third-order valence-electron chi connectivity index (χ3n) is 4.65. The zero-order chi connectivity index (χ0) is 22.2. The maximum Gasteiger partial charge on any atom is 0.266 e. The van der Waals surface area contributed by atoms with Crippen molar-refractivity contribution in [2.75, 3.05) is 12.4 Å². The Hall–Kier alpha value is -4.04. The lowest BCUT2D eigenvalue weighted by atomic mass is 10.1. The third kappa shape index (κ3) is 5.97. The maximum atomic E-state index is 12.5. The third-order valence-corrected chi connectivity index (χ3v) is 4.65. The standard InChI is InChI=1S/C26H24N2O3/c1-18-7-10-23(11-8-18)28-26(29)22(16-27)14-20-9-12-24(25(15-20)30-3)31-17-21-6-4-5-19(2)13-21/h4-15H,17H2,1-3H3,(H,28,29)/b22-14+. The molecule has 3 aromatic carbocycles. The summed E-state index contributed by atoms with van der Waals surface area (Å²) in [6.07, 6.45) is 1.52. The number of nitriles is 1. The van der Waals surface area contributed by atoms with Gasteiger partial charge in [-0.05, 0) is 55.3 Å². The van der Waals surface area contributed by atoms with Gasteiger partial charge < -0.3 is 14.8 Å². The smallest absolute Gasteiger partial charge is 0.266 e. The van der Waals surface area contributed by atoms with Crippen LogP contribution in [0.15, 0.2) is 72.3 Å². The van der Waals surface area contributed by atoms with E-state index in [0.717, 1.165) is 11.1 Å². The SMILES string of the molecule is COc1cc(/C=C(\C#N)C(=O)Nc2ccc(C)cc2)ccc1OCc1cccc(C)c1. The van der Waals surface area contributed by atoms with Crippen molar-refractivity contribution in [3.8, 4) is 17.6 Å². The largest absolute Gasteiger partial charge is 0.493 e. The van der Waals surface area contributed by atoms with E-state index in [0.29, 0.717) is 29.4 Å². The number of nitrogens with zero attached hydrogens (tertiary/aromatic N) is 1. The van der Waals surface area contributed by atoms with Crippen molar-refractivity contribution in [1.82, 2.24) is 0 Å². The van der Waals surface area contributed by atoms with Crippen LogP contribution in [0.3, 0.4) is 0 Å². The monoisotopic (exact) mass is 412 g/mol. The van der Waals surface area contributed by atoms with Crippen LogP contribution >= 0.6 is 0 Å². The average molecular weight is 412 g/mol. The van der Waals surface area contributed by atoms with Crippen LogP contribution in [0.5, 0.6) is 11.5 Å². The second-order valence-corrected chi connectivity index (χ2v) is 7.18. The molecular weight excluding hydrogens is 388 g/mol. The first-order chi connectivity index (χ1) is 15.0. The van der Waals surface area contributed by atoms with Gasteiger partial charge in [0.15, 0.2) is 11.5 Å². The molecule has 0 bridgehead atoms. The van der Waals surface area contributed by atoms with Crippen LogP contribution < -0.4 is 14.8 Å². The van der Waals surface area contributed by atoms with Gasteiger partial charge in [0.25, 0.3) is 5.91 Å². The van der Waals surface area contributed by atoms with Crippen LogP contribution in [-0.4, -0.2) is 13.0 Å². The molecule has 0 radical (unpaired) electrons. The summed E-state index contributed by atoms with van der Waals surface area (Å²) in [4.78, 5) is 12.5. The van der Waals surface area contributed by atoms with Crippen LogP contribution in [0.4, 0.5) is 5.69 Å². The van der Waals surface area contributed by atoms with Crippen LogP contribution in [0.1, 0.15) is 22.3 Å². The molecule has 3 aromatic rings. The molecule has 0 fully saturated rings. The summed E-state index contributed by atoms with van der Waals surface area (Å²) in [6.45, 7) is 4.41. The van der Waals surface area contributed by atoms with Crippen molar-refractivity contribution >= 4 is 17.7 Å². The van der Waals surface area contributed by atoms with Gasteiger partial charge in [0.05, 0.1) is 7.11 Å². The predicted octanol–water partition coefficient (Wildman–Crippen LogP) is 5.44. The molecule has 1 amide bonds. The highest BCUT2D eigenvalue weighted by atomic mass is 16.5. The van der Waals surface area contributed by atoms with Gasteiger partial charge in [-0.3, -0.25) is 4.79 Å². The van der Waals surface area contributed by atoms with E-state index >= 15 is 0 Å². The van der Waals surface area contributed by atoms with E-state index in [1.165, 1.54) is 11.6 Å². The highest BCUT2D eigenvalue weighted by Gasteiger charge is 2.11. The lowest BCUT2D eigenvalue weighted by Gasteiger charge is -2.12. The summed E-state index contributed by atoms with van der Waals surface area (Å²) in [5.74, 6) is 0.645. The Labute approximate surface area is 182 Å². The van der Waals surface area contributed by atoms with E-state index in [4.69, 9.17) is 9.47 Å². The Kier molecular flexibility index (Phi) is 7.08. The summed E-state index contributed by atoms with van der Waals surface area (Å²) in [7, 11) is 1.55. The normalized spacial score (nSPS) is 10.8. The molecule has 0 saturated carbocycles. The fourth-order valence-electron chi connectivity index (χ4n) is 3.01. The number of benzene rings is 3. The molecule has 5 nitrogen and oxygen atoms in total. The van der Waals surface area contributed by atoms with Crippen LogP contribution in [0.25, 0.3) is 6.08 Å². The number of methoxy groups -OCH3 is 1. The minimum Gasteiger partial charge on any atom is -0.493 e. The molecule has 0 aliphatic heterocycles. The first kappa shape index (κ1) is 21.7. The summed E-state index contributed by atoms with van der Waals surface area (Å²) < 4.78 is 11.3. The number of carbonyl (C=O) groups is 1. The van der Waals surface area contributed by atoms with E-state index in [-0.39, 0.29) is 5.57 Å². The first-order valence-corrected chi connectivity index (χ1v) is 9.84. The lowest BCUT2D eigenvalue weighted by molar-refractivity contribution is -0.112. The van der Waals surface area contributed by atoms with E-state index in [1.54, 1.807) is 37.4 Å². The van der Waals surface area contributed by atoms with Crippen LogP contribution in [-0.2, 0) is 11.4 Å². The van der Waals surface area contributed by atoms with E-state index in [9.17, 15) is 10.1 Å². The molecule has 0 aliphatic carbocycles. The van der Waals surface area contributed by atoms with Gasteiger partial charge in [0.1, 0.15) is 18.2 Å². The highest BCUT2D eigenvalue weighted by Crippen LogP contribution is 2.30. The molecule has 1 N–H and O–H groups in total. The van der Waals surface area contributed by atoms with Crippen molar-refractivity contribution in [3.63, 3.8) is 0 Å². The maximum absolute atomic E-state index is 12.5. The fraction of sp³-hybridized carbons (Fsp3) is 0.154. The number of rotatable bonds is 7. The van der Waals surface area contributed by atoms with Gasteiger partial charge in [-0.1, -0.05) is 53.6 Å². The summed E-state index contributed by atoms with van der Waals surface area (Å²) >= 11 is 0. The average Bonchev–Trinajstić information content (AvgIpc) is 2.77. The van der Waals surface area contributed by atoms with Gasteiger partial charge in [0, 0.05) is 5.69 Å². The van der Waals surface area contributed by atoms with Crippen LogP contribution in [0.2, 0.25) is 0 Å². The number of hydrogen-bond acceptors (Lipinski definition) is 4. The number of ether oxygens (including phenoxy) is 2. The molecule has 156 valence electrons. The van der Waals surface area contributed by atoms with Gasteiger partial charge in [-0.25, -0.2) is 0 Å². The molecule has 0 spiro atoms. The molecule has 0 aliphatic rings. The number of carbonyl (C=O) groups excluding carboxylic acids is 1. The van der Waals surface area contributed by atoms with Crippen LogP contribution in [0, 0.1) is 25.2 Å². The van der Waals surface area contributed by atoms with Gasteiger partial charge in [-0.2, -0.15) is 5.26 Å². The molecule has 0 saturated heterocycles. The summed E-state index contributed by atoms with van der Waals surface area (Å²) in [5.41, 5.74) is 4.61. The first-order valence-electron chi connectivity index (χ1n) is 9.84. The van der Waals surface area contributed by atoms with Gasteiger partial charge in [-0.15, -0.1) is 0 Å². The minimum absolute atomic E-state index is 0.00365. The van der Waals surface area contributed by atoms with Crippen molar-refractivity contribution in [2.45, 2.75) is 20.5 Å². The molecular formula is C26H24N2O3. The van der Waals surface area contributed by atoms with E-state index in [1.807, 2.05) is 50.2 Å². The number of aryl methyl sites for hydroxylation is 2. The van der Waals surface area contributed by atoms with Crippen molar-refractivity contribution in [2.24, 2.45) is 0 Å². The van der Waals surface area contributed by atoms with E-state index in [2.05, 4.69) is 11.4 Å². The molecule has 3 rings (SSSR count). The van der Waals surface area contributed by atoms with Crippen molar-refractivity contribution in [3.05, 3.63) is 94.6 Å². The van der Waals surface area contributed by atoms with Crippen molar-refractivity contribution < 1.29 is 14.3 Å². The Bertz CT molecular complexity index is 1140. The Morgan fingerprint density at radius 2 is 1.77 bits per heavy atom. The Morgan fingerprint density at radius 3 is 2.45 bits per heavy atom. The van der Waals surface area contributed by atoms with E-state index < -0.39 is 5.91 Å². The highest BCUT2D eigenvalue weighted by molar-refractivity contribution is 6.09. The summed E-state index contributed by atoms with van der Waals surface area (Å²) in [5, 5.41) is 12.2. The molecule has 0 unspecified atom stereocenters. The fourth-order valence-corrected chi connectivity index (χ4v) is 3.01. The molecule has 0 heterocycles. The van der Waals surface area contributed by atoms with Gasteiger partial charge in [0.2, 0.25) is 0 Å². The molecule has 5 heteroatoms. The summed E-state index contributed by atoms with van der Waals surface area (Å²) in [6, 6.07) is 22.7. The van der Waals surface area contributed by atoms with Gasteiger partial charge >= 0.3 is 0 Å². The topological polar surface area (TPSA) is 71.3 Å². The lowest BCUT2D eigenvalue weighted by Crippen LogP contribution is -2.13. The minimum atomic E-state index is -0.468. The number of amides is 1. The quantitative estimate of drug-likeness (QED) is 0.414. The number of hydrogen-bond donors (Lipinski definition) is 1. The second-order valence-electron chi connectivity index (χ2n) is 7.18. The molecule has 0 aromatic heterocycles. The zero-order valence-corrected chi connectivity index (χ0v) is 17.8. The second kappa shape index (κ2) is 10.1. The molecule has 31 heavy (non-hydrogen) atoms. The van der Waals surface area contributed by atoms with Crippen molar-refractivity contribution in [1.29, 1.82) is 5.26 Å². The number of nitrogens with one attached hydrogen (secondary N) is 1. The Morgan fingerprint density at radius 1 is 1.00 bits per heavy atom. The Balaban J connectivity index is 1.74. The predicted molar refractivity (Wildman–Crippen MR) is 122 cm³/mol. The number of anilines is 1. The zero-order valence-electron chi connectivity index (χ0n) is 17.8.